The fourth-order valence-electron chi connectivity index (χ4n) is 3.09. The SMILES string of the molecule is CCN1CCC(c2cc3ccc(NC=O)cc3[nH]2)CC1.O=P(O)(O)O. The van der Waals surface area contributed by atoms with Crippen LogP contribution in [-0.2, 0) is 9.36 Å². The van der Waals surface area contributed by atoms with Gasteiger partial charge in [0.1, 0.15) is 0 Å². The molecule has 5 N–H and O–H groups in total. The summed E-state index contributed by atoms with van der Waals surface area (Å²) in [6, 6.07) is 8.25. The van der Waals surface area contributed by atoms with Gasteiger partial charge in [0.15, 0.2) is 0 Å². The molecule has 1 saturated heterocycles. The van der Waals surface area contributed by atoms with Gasteiger partial charge < -0.3 is 29.9 Å². The minimum atomic E-state index is -4.64. The Morgan fingerprint density at radius 1 is 1.28 bits per heavy atom. The molecule has 9 heteroatoms. The van der Waals surface area contributed by atoms with Gasteiger partial charge in [-0.1, -0.05) is 13.0 Å². The number of fused-ring (bicyclic) bond motifs is 1. The quantitative estimate of drug-likeness (QED) is 0.415. The molecule has 0 aliphatic carbocycles. The largest absolute Gasteiger partial charge is 0.466 e. The fourth-order valence-corrected chi connectivity index (χ4v) is 3.09. The van der Waals surface area contributed by atoms with Crippen LogP contribution in [0.1, 0.15) is 31.4 Å². The van der Waals surface area contributed by atoms with Crippen molar-refractivity contribution in [2.75, 3.05) is 25.0 Å². The molecule has 0 atom stereocenters. The highest BCUT2D eigenvalue weighted by molar-refractivity contribution is 7.45. The lowest BCUT2D eigenvalue weighted by atomic mass is 9.93. The molecular weight excluding hydrogens is 345 g/mol. The smallest absolute Gasteiger partial charge is 0.358 e. The maximum atomic E-state index is 10.5. The first-order valence-corrected chi connectivity index (χ1v) is 9.70. The van der Waals surface area contributed by atoms with Crippen LogP contribution in [0.5, 0.6) is 0 Å². The van der Waals surface area contributed by atoms with Crippen molar-refractivity contribution >= 4 is 30.8 Å². The maximum Gasteiger partial charge on any atom is 0.466 e. The van der Waals surface area contributed by atoms with E-state index in [1.165, 1.54) is 37.0 Å². The van der Waals surface area contributed by atoms with Gasteiger partial charge in [-0.2, -0.15) is 0 Å². The zero-order valence-corrected chi connectivity index (χ0v) is 14.9. The molecule has 8 nitrogen and oxygen atoms in total. The van der Waals surface area contributed by atoms with Crippen molar-refractivity contribution in [2.24, 2.45) is 0 Å². The highest BCUT2D eigenvalue weighted by Gasteiger charge is 2.20. The third kappa shape index (κ3) is 6.26. The molecule has 1 aromatic heterocycles. The molecule has 1 fully saturated rings. The number of nitrogens with zero attached hydrogens (tertiary/aromatic N) is 1. The Kier molecular flexibility index (Phi) is 6.75. The fraction of sp³-hybridized carbons (Fsp3) is 0.438. The van der Waals surface area contributed by atoms with E-state index >= 15 is 0 Å². The van der Waals surface area contributed by atoms with Crippen LogP contribution >= 0.6 is 7.82 Å². The number of aromatic nitrogens is 1. The molecule has 2 aromatic rings. The van der Waals surface area contributed by atoms with E-state index in [0.29, 0.717) is 12.3 Å². The number of carbonyl (C=O) groups is 1. The third-order valence-corrected chi connectivity index (χ3v) is 4.34. The summed E-state index contributed by atoms with van der Waals surface area (Å²) in [5, 5.41) is 3.91. The van der Waals surface area contributed by atoms with Gasteiger partial charge in [-0.15, -0.1) is 0 Å². The molecule has 2 heterocycles. The second-order valence-electron chi connectivity index (χ2n) is 6.01. The van der Waals surface area contributed by atoms with Gasteiger partial charge in [0.25, 0.3) is 0 Å². The molecule has 0 spiro atoms. The Balaban J connectivity index is 0.000000399. The van der Waals surface area contributed by atoms with Crippen LogP contribution in [0.2, 0.25) is 0 Å². The van der Waals surface area contributed by atoms with Crippen LogP contribution in [0.4, 0.5) is 5.69 Å². The monoisotopic (exact) mass is 369 g/mol. The van der Waals surface area contributed by atoms with Crippen LogP contribution in [0.15, 0.2) is 24.3 Å². The van der Waals surface area contributed by atoms with Gasteiger partial charge in [0.05, 0.1) is 0 Å². The molecule has 0 bridgehead atoms. The second kappa shape index (κ2) is 8.60. The number of amides is 1. The van der Waals surface area contributed by atoms with E-state index < -0.39 is 7.82 Å². The number of rotatable bonds is 4. The lowest BCUT2D eigenvalue weighted by Gasteiger charge is -2.30. The summed E-state index contributed by atoms with van der Waals surface area (Å²) in [5.41, 5.74) is 3.27. The summed E-state index contributed by atoms with van der Waals surface area (Å²) in [6.07, 6.45) is 3.16. The number of benzene rings is 1. The Morgan fingerprint density at radius 3 is 2.48 bits per heavy atom. The lowest BCUT2D eigenvalue weighted by molar-refractivity contribution is -0.105. The van der Waals surface area contributed by atoms with Gasteiger partial charge in [-0.3, -0.25) is 4.79 Å². The predicted molar refractivity (Wildman–Crippen MR) is 96.3 cm³/mol. The van der Waals surface area contributed by atoms with Crippen molar-refractivity contribution in [2.45, 2.75) is 25.7 Å². The maximum absolute atomic E-state index is 10.5. The van der Waals surface area contributed by atoms with Crippen molar-refractivity contribution in [3.63, 3.8) is 0 Å². The van der Waals surface area contributed by atoms with E-state index in [1.807, 2.05) is 12.1 Å². The molecule has 25 heavy (non-hydrogen) atoms. The van der Waals surface area contributed by atoms with Gasteiger partial charge >= 0.3 is 7.82 Å². The molecular formula is C16H24N3O5P. The average molecular weight is 369 g/mol. The van der Waals surface area contributed by atoms with Gasteiger partial charge in [0.2, 0.25) is 6.41 Å². The van der Waals surface area contributed by atoms with E-state index in [9.17, 15) is 4.79 Å². The number of hydrogen-bond acceptors (Lipinski definition) is 3. The van der Waals surface area contributed by atoms with Crippen molar-refractivity contribution in [3.05, 3.63) is 30.0 Å². The van der Waals surface area contributed by atoms with E-state index in [-0.39, 0.29) is 0 Å². The van der Waals surface area contributed by atoms with Gasteiger partial charge in [-0.05, 0) is 56.1 Å². The summed E-state index contributed by atoms with van der Waals surface area (Å²) in [4.78, 5) is 38.1. The van der Waals surface area contributed by atoms with E-state index in [1.54, 1.807) is 0 Å². The summed E-state index contributed by atoms with van der Waals surface area (Å²) in [6.45, 7) is 5.76. The highest BCUT2D eigenvalue weighted by Crippen LogP contribution is 2.30. The first-order chi connectivity index (χ1) is 11.8. The molecule has 1 aliphatic rings. The minimum Gasteiger partial charge on any atom is -0.358 e. The number of hydrogen-bond donors (Lipinski definition) is 5. The summed E-state index contributed by atoms with van der Waals surface area (Å²) >= 11 is 0. The first-order valence-electron chi connectivity index (χ1n) is 8.13. The Hall–Kier alpha value is -1.70. The van der Waals surface area contributed by atoms with Crippen LogP contribution in [0, 0.1) is 0 Å². The van der Waals surface area contributed by atoms with Gasteiger partial charge in [0, 0.05) is 22.8 Å². The van der Waals surface area contributed by atoms with E-state index in [0.717, 1.165) is 17.7 Å². The number of nitrogens with one attached hydrogen (secondary N) is 2. The van der Waals surface area contributed by atoms with Crippen LogP contribution < -0.4 is 5.32 Å². The van der Waals surface area contributed by atoms with E-state index in [2.05, 4.69) is 34.3 Å². The second-order valence-corrected chi connectivity index (χ2v) is 7.04. The number of piperidine rings is 1. The number of carbonyl (C=O) groups excluding carboxylic acids is 1. The molecule has 1 aromatic carbocycles. The van der Waals surface area contributed by atoms with Crippen molar-refractivity contribution in [3.8, 4) is 0 Å². The third-order valence-electron chi connectivity index (χ3n) is 4.34. The van der Waals surface area contributed by atoms with Crippen LogP contribution in [0.3, 0.4) is 0 Å². The normalized spacial score (nSPS) is 16.3. The molecule has 0 saturated carbocycles. The minimum absolute atomic E-state index is 0.632. The Labute approximate surface area is 146 Å². The first kappa shape index (κ1) is 19.6. The summed E-state index contributed by atoms with van der Waals surface area (Å²) in [7, 11) is -4.64. The molecule has 1 amide bonds. The van der Waals surface area contributed by atoms with Crippen molar-refractivity contribution < 1.29 is 24.0 Å². The standard InChI is InChI=1S/C16H21N3O.H3O4P/c1-2-19-7-5-12(6-8-19)15-9-13-3-4-14(17-11-20)10-16(13)18-15;1-5(2,3)4/h3-4,9-12,18H,2,5-8H2,1H3,(H,17,20);(H3,1,2,3,4). The Morgan fingerprint density at radius 2 is 1.92 bits per heavy atom. The van der Waals surface area contributed by atoms with E-state index in [4.69, 9.17) is 19.2 Å². The number of phosphoric acid groups is 1. The number of H-pyrrole nitrogens is 1. The molecule has 0 radical (unpaired) electrons. The number of likely N-dealkylation sites (tertiary alicyclic amines) is 1. The number of anilines is 1. The molecule has 0 unspecified atom stereocenters. The molecule has 1 aliphatic heterocycles. The summed E-state index contributed by atoms with van der Waals surface area (Å²) in [5.74, 6) is 0.632. The zero-order chi connectivity index (χ0) is 18.4. The van der Waals surface area contributed by atoms with Crippen LogP contribution in [0.25, 0.3) is 10.9 Å². The average Bonchev–Trinajstić information content (AvgIpc) is 2.97. The predicted octanol–water partition coefficient (Wildman–Crippen LogP) is 2.01. The van der Waals surface area contributed by atoms with Crippen molar-refractivity contribution in [1.29, 1.82) is 0 Å². The molecule has 3 rings (SSSR count). The topological polar surface area (TPSA) is 126 Å². The summed E-state index contributed by atoms with van der Waals surface area (Å²) < 4.78 is 8.88. The zero-order valence-electron chi connectivity index (χ0n) is 14.1. The number of aromatic amines is 1. The Bertz CT molecular complexity index is 741. The highest BCUT2D eigenvalue weighted by atomic mass is 31.2. The van der Waals surface area contributed by atoms with Gasteiger partial charge in [-0.25, -0.2) is 4.57 Å². The lowest BCUT2D eigenvalue weighted by Crippen LogP contribution is -2.32. The molecule has 138 valence electrons. The van der Waals surface area contributed by atoms with Crippen LogP contribution in [-0.4, -0.2) is 50.6 Å². The van der Waals surface area contributed by atoms with Crippen molar-refractivity contribution in [1.82, 2.24) is 9.88 Å².